The maximum absolute atomic E-state index is 13.1. The van der Waals surface area contributed by atoms with E-state index < -0.39 is 10.0 Å². The Labute approximate surface area is 169 Å². The van der Waals surface area contributed by atoms with Crippen molar-refractivity contribution in [2.45, 2.75) is 17.9 Å². The highest BCUT2D eigenvalue weighted by atomic mass is 32.2. The highest BCUT2D eigenvalue weighted by Crippen LogP contribution is 2.24. The van der Waals surface area contributed by atoms with E-state index in [4.69, 9.17) is 0 Å². The monoisotopic (exact) mass is 415 g/mol. The van der Waals surface area contributed by atoms with Gasteiger partial charge in [0.1, 0.15) is 18.5 Å². The number of nitrogens with zero attached hydrogens (tertiary/aromatic N) is 4. The van der Waals surface area contributed by atoms with Crippen LogP contribution in [0.5, 0.6) is 0 Å². The van der Waals surface area contributed by atoms with Gasteiger partial charge in [0.25, 0.3) is 0 Å². The molecular formula is C20H22FN5O2S. The highest BCUT2D eigenvalue weighted by Gasteiger charge is 2.25. The zero-order chi connectivity index (χ0) is 20.3. The zero-order valence-corrected chi connectivity index (χ0v) is 16.6. The summed E-state index contributed by atoms with van der Waals surface area (Å²) in [5.74, 6) is -0.0703. The van der Waals surface area contributed by atoms with E-state index in [1.165, 1.54) is 18.5 Å². The fraction of sp³-hybridized carbons (Fsp3) is 0.300. The van der Waals surface area contributed by atoms with Crippen molar-refractivity contribution in [1.82, 2.24) is 19.5 Å². The number of hydrogen-bond acceptors (Lipinski definition) is 5. The van der Waals surface area contributed by atoms with E-state index >= 15 is 0 Å². The fourth-order valence-electron chi connectivity index (χ4n) is 3.58. The molecule has 0 bridgehead atoms. The SMILES string of the molecule is O=S(=O)(NCC1CCN(c2ccc(F)cc2)C1)c1ccccc1Cn1cncn1. The average Bonchev–Trinajstić information content (AvgIpc) is 3.40. The van der Waals surface area contributed by atoms with Gasteiger partial charge in [-0.05, 0) is 48.2 Å². The molecule has 2 aromatic carbocycles. The Bertz CT molecular complexity index is 1050. The topological polar surface area (TPSA) is 80.1 Å². The number of nitrogens with one attached hydrogen (secondary N) is 1. The van der Waals surface area contributed by atoms with Crippen LogP contribution in [0.15, 0.2) is 66.1 Å². The molecule has 0 spiro atoms. The number of benzene rings is 2. The standard InChI is InChI=1S/C20H22FN5O2S/c21-18-5-7-19(8-6-18)25-10-9-16(12-25)11-24-29(27,28)20-4-2-1-3-17(20)13-26-15-22-14-23-26/h1-8,14-16,24H,9-13H2. The molecule has 1 N–H and O–H groups in total. The molecule has 0 radical (unpaired) electrons. The first kappa shape index (κ1) is 19.5. The Kier molecular flexibility index (Phi) is 5.59. The minimum atomic E-state index is -3.65. The molecule has 1 unspecified atom stereocenters. The summed E-state index contributed by atoms with van der Waals surface area (Å²) in [5.41, 5.74) is 1.61. The van der Waals surface area contributed by atoms with Crippen LogP contribution in [0.1, 0.15) is 12.0 Å². The first-order chi connectivity index (χ1) is 14.0. The van der Waals surface area contributed by atoms with Gasteiger partial charge in [-0.15, -0.1) is 0 Å². The van der Waals surface area contributed by atoms with Gasteiger partial charge in [0.2, 0.25) is 10.0 Å². The van der Waals surface area contributed by atoms with Gasteiger partial charge in [-0.3, -0.25) is 0 Å². The van der Waals surface area contributed by atoms with Crippen LogP contribution < -0.4 is 9.62 Å². The Morgan fingerprint density at radius 3 is 2.69 bits per heavy atom. The average molecular weight is 415 g/mol. The third-order valence-corrected chi connectivity index (χ3v) is 6.62. The molecule has 1 fully saturated rings. The van der Waals surface area contributed by atoms with E-state index in [1.807, 2.05) is 6.07 Å². The number of halogens is 1. The van der Waals surface area contributed by atoms with E-state index in [1.54, 1.807) is 41.3 Å². The Morgan fingerprint density at radius 1 is 1.14 bits per heavy atom. The fourth-order valence-corrected chi connectivity index (χ4v) is 4.92. The van der Waals surface area contributed by atoms with Crippen LogP contribution in [0.4, 0.5) is 10.1 Å². The molecule has 3 aromatic rings. The summed E-state index contributed by atoms with van der Waals surface area (Å²) in [6.45, 7) is 2.24. The summed E-state index contributed by atoms with van der Waals surface area (Å²) >= 11 is 0. The van der Waals surface area contributed by atoms with Crippen LogP contribution in [0.25, 0.3) is 0 Å². The predicted molar refractivity (Wildman–Crippen MR) is 107 cm³/mol. The van der Waals surface area contributed by atoms with Gasteiger partial charge in [0, 0.05) is 25.3 Å². The first-order valence-corrected chi connectivity index (χ1v) is 10.9. The molecule has 4 rings (SSSR count). The molecule has 0 saturated carbocycles. The molecule has 0 aliphatic carbocycles. The summed E-state index contributed by atoms with van der Waals surface area (Å²) in [6, 6.07) is 13.3. The van der Waals surface area contributed by atoms with Crippen molar-refractivity contribution in [3.05, 3.63) is 72.6 Å². The maximum atomic E-state index is 13.1. The number of rotatable bonds is 7. The van der Waals surface area contributed by atoms with E-state index in [0.29, 0.717) is 18.7 Å². The van der Waals surface area contributed by atoms with Gasteiger partial charge in [-0.2, -0.15) is 5.10 Å². The van der Waals surface area contributed by atoms with Crippen molar-refractivity contribution < 1.29 is 12.8 Å². The smallest absolute Gasteiger partial charge is 0.240 e. The molecule has 1 aliphatic rings. The molecule has 7 nitrogen and oxygen atoms in total. The van der Waals surface area contributed by atoms with Gasteiger partial charge >= 0.3 is 0 Å². The molecule has 1 aliphatic heterocycles. The van der Waals surface area contributed by atoms with Crippen LogP contribution in [-0.4, -0.2) is 42.8 Å². The third-order valence-electron chi connectivity index (χ3n) is 5.10. The molecule has 1 atom stereocenters. The number of sulfonamides is 1. The van der Waals surface area contributed by atoms with Gasteiger partial charge in [-0.25, -0.2) is 27.2 Å². The van der Waals surface area contributed by atoms with E-state index in [-0.39, 0.29) is 16.6 Å². The van der Waals surface area contributed by atoms with Gasteiger partial charge < -0.3 is 4.90 Å². The lowest BCUT2D eigenvalue weighted by Crippen LogP contribution is -2.31. The van der Waals surface area contributed by atoms with E-state index in [2.05, 4.69) is 19.7 Å². The minimum Gasteiger partial charge on any atom is -0.371 e. The van der Waals surface area contributed by atoms with Crippen molar-refractivity contribution in [3.8, 4) is 0 Å². The van der Waals surface area contributed by atoms with Crippen LogP contribution in [0, 0.1) is 11.7 Å². The second kappa shape index (κ2) is 8.30. The van der Waals surface area contributed by atoms with Crippen LogP contribution in [0.2, 0.25) is 0 Å². The van der Waals surface area contributed by atoms with Crippen LogP contribution >= 0.6 is 0 Å². The molecule has 0 amide bonds. The van der Waals surface area contributed by atoms with Crippen molar-refractivity contribution in [1.29, 1.82) is 0 Å². The lowest BCUT2D eigenvalue weighted by atomic mass is 10.1. The van der Waals surface area contributed by atoms with Crippen LogP contribution in [0.3, 0.4) is 0 Å². The second-order valence-electron chi connectivity index (χ2n) is 7.13. The summed E-state index contributed by atoms with van der Waals surface area (Å²) < 4.78 is 43.3. The summed E-state index contributed by atoms with van der Waals surface area (Å²) in [6.07, 6.45) is 3.85. The molecular weight excluding hydrogens is 393 g/mol. The van der Waals surface area contributed by atoms with Gasteiger partial charge in [0.15, 0.2) is 0 Å². The Hall–Kier alpha value is -2.78. The van der Waals surface area contributed by atoms with Crippen molar-refractivity contribution in [3.63, 3.8) is 0 Å². The lowest BCUT2D eigenvalue weighted by molar-refractivity contribution is 0.540. The Balaban J connectivity index is 1.40. The van der Waals surface area contributed by atoms with Crippen molar-refractivity contribution >= 4 is 15.7 Å². The zero-order valence-electron chi connectivity index (χ0n) is 15.8. The molecule has 1 aromatic heterocycles. The van der Waals surface area contributed by atoms with E-state index in [9.17, 15) is 12.8 Å². The third kappa shape index (κ3) is 4.63. The molecule has 152 valence electrons. The van der Waals surface area contributed by atoms with Crippen molar-refractivity contribution in [2.24, 2.45) is 5.92 Å². The quantitative estimate of drug-likeness (QED) is 0.640. The number of anilines is 1. The van der Waals surface area contributed by atoms with E-state index in [0.717, 1.165) is 25.2 Å². The molecule has 2 heterocycles. The van der Waals surface area contributed by atoms with Gasteiger partial charge in [0.05, 0.1) is 11.4 Å². The molecule has 1 saturated heterocycles. The number of hydrogen-bond donors (Lipinski definition) is 1. The minimum absolute atomic E-state index is 0.192. The second-order valence-corrected chi connectivity index (χ2v) is 8.87. The Morgan fingerprint density at radius 2 is 1.93 bits per heavy atom. The molecule has 9 heteroatoms. The summed E-state index contributed by atoms with van der Waals surface area (Å²) in [7, 11) is -3.65. The highest BCUT2D eigenvalue weighted by molar-refractivity contribution is 7.89. The maximum Gasteiger partial charge on any atom is 0.240 e. The predicted octanol–water partition coefficient (Wildman–Crippen LogP) is 2.27. The first-order valence-electron chi connectivity index (χ1n) is 9.42. The molecule has 29 heavy (non-hydrogen) atoms. The largest absolute Gasteiger partial charge is 0.371 e. The summed E-state index contributed by atoms with van der Waals surface area (Å²) in [4.78, 5) is 6.30. The lowest BCUT2D eigenvalue weighted by Gasteiger charge is -2.19. The van der Waals surface area contributed by atoms with Crippen molar-refractivity contribution in [2.75, 3.05) is 24.5 Å². The van der Waals surface area contributed by atoms with Crippen LogP contribution in [-0.2, 0) is 16.6 Å². The van der Waals surface area contributed by atoms with Gasteiger partial charge in [-0.1, -0.05) is 18.2 Å². The number of aromatic nitrogens is 3. The normalized spacial score (nSPS) is 17.0. The summed E-state index contributed by atoms with van der Waals surface area (Å²) in [5, 5.41) is 4.05.